The van der Waals surface area contributed by atoms with E-state index >= 15 is 0 Å². The molecule has 1 atom stereocenters. The highest BCUT2D eigenvalue weighted by Gasteiger charge is 2.21. The predicted molar refractivity (Wildman–Crippen MR) is 83.6 cm³/mol. The summed E-state index contributed by atoms with van der Waals surface area (Å²) in [6, 6.07) is 4.51. The Bertz CT molecular complexity index is 477. The molecule has 1 aromatic carbocycles. The van der Waals surface area contributed by atoms with E-state index in [9.17, 15) is 9.18 Å². The minimum Gasteiger partial charge on any atom is -0.491 e. The van der Waals surface area contributed by atoms with Gasteiger partial charge in [-0.1, -0.05) is 0 Å². The van der Waals surface area contributed by atoms with Crippen molar-refractivity contribution in [2.75, 3.05) is 18.4 Å². The molecule has 0 radical (unpaired) electrons. The van der Waals surface area contributed by atoms with Crippen molar-refractivity contribution in [1.82, 2.24) is 5.32 Å². The number of hydrogen-bond donors (Lipinski definition) is 2. The first kappa shape index (κ1) is 17.7. The summed E-state index contributed by atoms with van der Waals surface area (Å²) in [5.41, 5.74) is 0.205. The van der Waals surface area contributed by atoms with Gasteiger partial charge in [0.25, 0.3) is 0 Å². The molecule has 2 rings (SSSR count). The van der Waals surface area contributed by atoms with Gasteiger partial charge in [0.2, 0.25) is 5.91 Å². The summed E-state index contributed by atoms with van der Waals surface area (Å²) in [7, 11) is 0. The molecular weight excluding hydrogens is 295 g/mol. The summed E-state index contributed by atoms with van der Waals surface area (Å²) >= 11 is 0. The quantitative estimate of drug-likeness (QED) is 0.898. The molecular formula is C15H22ClFN2O2. The SMILES string of the molecule is CC(C)Oc1ccc(NC(=O)C2CCCNC2)c(F)c1.Cl. The van der Waals surface area contributed by atoms with Gasteiger partial charge in [-0.25, -0.2) is 4.39 Å². The number of ether oxygens (including phenoxy) is 1. The highest BCUT2D eigenvalue weighted by Crippen LogP contribution is 2.22. The summed E-state index contributed by atoms with van der Waals surface area (Å²) < 4.78 is 19.3. The van der Waals surface area contributed by atoms with Crippen LogP contribution in [0.5, 0.6) is 5.75 Å². The second-order valence-electron chi connectivity index (χ2n) is 5.34. The van der Waals surface area contributed by atoms with Crippen molar-refractivity contribution in [1.29, 1.82) is 0 Å². The summed E-state index contributed by atoms with van der Waals surface area (Å²) in [5, 5.41) is 5.82. The second-order valence-corrected chi connectivity index (χ2v) is 5.34. The number of rotatable bonds is 4. The van der Waals surface area contributed by atoms with Crippen molar-refractivity contribution in [3.63, 3.8) is 0 Å². The van der Waals surface area contributed by atoms with Gasteiger partial charge in [0.05, 0.1) is 17.7 Å². The van der Waals surface area contributed by atoms with Crippen LogP contribution in [-0.2, 0) is 4.79 Å². The normalized spacial score (nSPS) is 18.0. The maximum atomic E-state index is 13.9. The number of amides is 1. The molecule has 2 N–H and O–H groups in total. The van der Waals surface area contributed by atoms with Gasteiger partial charge >= 0.3 is 0 Å². The van der Waals surface area contributed by atoms with Crippen LogP contribution in [0.2, 0.25) is 0 Å². The van der Waals surface area contributed by atoms with Crippen molar-refractivity contribution in [3.8, 4) is 5.75 Å². The molecule has 1 amide bonds. The van der Waals surface area contributed by atoms with Crippen molar-refractivity contribution in [3.05, 3.63) is 24.0 Å². The Kier molecular flexibility index (Phi) is 6.92. The molecule has 1 aliphatic heterocycles. The fourth-order valence-corrected chi connectivity index (χ4v) is 2.25. The van der Waals surface area contributed by atoms with E-state index in [-0.39, 0.29) is 36.0 Å². The van der Waals surface area contributed by atoms with Gasteiger partial charge in [-0.3, -0.25) is 4.79 Å². The van der Waals surface area contributed by atoms with Crippen molar-refractivity contribution in [2.24, 2.45) is 5.92 Å². The number of piperidine rings is 1. The van der Waals surface area contributed by atoms with Gasteiger partial charge in [0.1, 0.15) is 11.6 Å². The summed E-state index contributed by atoms with van der Waals surface area (Å²) in [4.78, 5) is 12.0. The number of carbonyl (C=O) groups is 1. The monoisotopic (exact) mass is 316 g/mol. The molecule has 0 bridgehead atoms. The van der Waals surface area contributed by atoms with E-state index in [1.807, 2.05) is 13.8 Å². The van der Waals surface area contributed by atoms with Crippen LogP contribution in [0.25, 0.3) is 0 Å². The Hall–Kier alpha value is -1.33. The highest BCUT2D eigenvalue weighted by atomic mass is 35.5. The fourth-order valence-electron chi connectivity index (χ4n) is 2.25. The van der Waals surface area contributed by atoms with Crippen LogP contribution in [-0.4, -0.2) is 25.1 Å². The Morgan fingerprint density at radius 3 is 2.81 bits per heavy atom. The Morgan fingerprint density at radius 1 is 1.48 bits per heavy atom. The molecule has 1 aromatic rings. The van der Waals surface area contributed by atoms with Crippen molar-refractivity contribution >= 4 is 24.0 Å². The van der Waals surface area contributed by atoms with Crippen LogP contribution >= 0.6 is 12.4 Å². The Balaban J connectivity index is 0.00000220. The molecule has 0 aromatic heterocycles. The van der Waals surface area contributed by atoms with Crippen LogP contribution in [0.15, 0.2) is 18.2 Å². The Labute approximate surface area is 130 Å². The predicted octanol–water partition coefficient (Wildman–Crippen LogP) is 2.97. The molecule has 1 heterocycles. The van der Waals surface area contributed by atoms with Crippen LogP contribution in [0.1, 0.15) is 26.7 Å². The lowest BCUT2D eigenvalue weighted by atomic mass is 9.99. The molecule has 0 saturated carbocycles. The first-order valence-corrected chi connectivity index (χ1v) is 7.04. The van der Waals surface area contributed by atoms with E-state index in [1.165, 1.54) is 6.07 Å². The number of nitrogens with one attached hydrogen (secondary N) is 2. The zero-order chi connectivity index (χ0) is 14.5. The standard InChI is InChI=1S/C15H21FN2O2.ClH/c1-10(2)20-12-5-6-14(13(16)8-12)18-15(19)11-4-3-7-17-9-11;/h5-6,8,10-11,17H,3-4,7,9H2,1-2H3,(H,18,19);1H. The summed E-state index contributed by atoms with van der Waals surface area (Å²) in [6.07, 6.45) is 1.81. The fraction of sp³-hybridized carbons (Fsp3) is 0.533. The van der Waals surface area contributed by atoms with E-state index in [2.05, 4.69) is 10.6 Å². The van der Waals surface area contributed by atoms with Crippen LogP contribution in [0, 0.1) is 11.7 Å². The lowest BCUT2D eigenvalue weighted by Crippen LogP contribution is -2.37. The lowest BCUT2D eigenvalue weighted by Gasteiger charge is -2.22. The molecule has 4 nitrogen and oxygen atoms in total. The largest absolute Gasteiger partial charge is 0.491 e. The van der Waals surface area contributed by atoms with E-state index in [0.717, 1.165) is 19.4 Å². The minimum absolute atomic E-state index is 0. The van der Waals surface area contributed by atoms with E-state index in [1.54, 1.807) is 12.1 Å². The number of anilines is 1. The van der Waals surface area contributed by atoms with Gasteiger partial charge in [0, 0.05) is 12.6 Å². The van der Waals surface area contributed by atoms with Gasteiger partial charge in [-0.05, 0) is 45.4 Å². The maximum Gasteiger partial charge on any atom is 0.228 e. The van der Waals surface area contributed by atoms with E-state index in [4.69, 9.17) is 4.74 Å². The third-order valence-corrected chi connectivity index (χ3v) is 3.24. The van der Waals surface area contributed by atoms with Gasteiger partial charge in [0.15, 0.2) is 0 Å². The van der Waals surface area contributed by atoms with Gasteiger partial charge in [-0.15, -0.1) is 12.4 Å². The summed E-state index contributed by atoms with van der Waals surface area (Å²) in [5.74, 6) is -0.224. The van der Waals surface area contributed by atoms with Crippen molar-refractivity contribution in [2.45, 2.75) is 32.8 Å². The molecule has 1 fully saturated rings. The number of carbonyl (C=O) groups excluding carboxylic acids is 1. The lowest BCUT2D eigenvalue weighted by molar-refractivity contribution is -0.120. The average Bonchev–Trinajstić information content (AvgIpc) is 2.42. The van der Waals surface area contributed by atoms with Gasteiger partial charge < -0.3 is 15.4 Å². The number of hydrogen-bond acceptors (Lipinski definition) is 3. The third kappa shape index (κ3) is 5.17. The maximum absolute atomic E-state index is 13.9. The number of benzene rings is 1. The van der Waals surface area contributed by atoms with Gasteiger partial charge in [-0.2, -0.15) is 0 Å². The molecule has 1 saturated heterocycles. The molecule has 21 heavy (non-hydrogen) atoms. The van der Waals surface area contributed by atoms with Crippen LogP contribution in [0.3, 0.4) is 0 Å². The molecule has 6 heteroatoms. The molecule has 1 unspecified atom stereocenters. The number of halogens is 2. The van der Waals surface area contributed by atoms with E-state index < -0.39 is 5.82 Å². The Morgan fingerprint density at radius 2 is 2.24 bits per heavy atom. The first-order chi connectivity index (χ1) is 9.56. The van der Waals surface area contributed by atoms with Crippen LogP contribution in [0.4, 0.5) is 10.1 Å². The molecule has 118 valence electrons. The first-order valence-electron chi connectivity index (χ1n) is 7.04. The second kappa shape index (κ2) is 8.20. The smallest absolute Gasteiger partial charge is 0.228 e. The topological polar surface area (TPSA) is 50.4 Å². The van der Waals surface area contributed by atoms with E-state index in [0.29, 0.717) is 12.3 Å². The summed E-state index contributed by atoms with van der Waals surface area (Å²) in [6.45, 7) is 5.36. The highest BCUT2D eigenvalue weighted by molar-refractivity contribution is 5.92. The zero-order valence-electron chi connectivity index (χ0n) is 12.3. The average molecular weight is 317 g/mol. The molecule has 0 aliphatic carbocycles. The third-order valence-electron chi connectivity index (χ3n) is 3.24. The molecule has 1 aliphatic rings. The van der Waals surface area contributed by atoms with Crippen molar-refractivity contribution < 1.29 is 13.9 Å². The minimum atomic E-state index is -0.472. The molecule has 0 spiro atoms. The zero-order valence-corrected chi connectivity index (χ0v) is 13.1. The van der Waals surface area contributed by atoms with Crippen LogP contribution < -0.4 is 15.4 Å².